The van der Waals surface area contributed by atoms with Crippen LogP contribution in [0.3, 0.4) is 0 Å². The van der Waals surface area contributed by atoms with Crippen molar-refractivity contribution in [3.63, 3.8) is 0 Å². The predicted octanol–water partition coefficient (Wildman–Crippen LogP) is 1.43. The lowest BCUT2D eigenvalue weighted by atomic mass is 10.1. The third kappa shape index (κ3) is 5.29. The molecular formula is C13H18N2O4. The molecule has 6 nitrogen and oxygen atoms in total. The molecule has 0 heterocycles. The van der Waals surface area contributed by atoms with E-state index in [1.165, 1.54) is 0 Å². The average molecular weight is 266 g/mol. The molecule has 0 radical (unpaired) electrons. The van der Waals surface area contributed by atoms with Crippen molar-refractivity contribution in [2.75, 3.05) is 6.73 Å². The second-order valence-corrected chi connectivity index (χ2v) is 4.31. The van der Waals surface area contributed by atoms with Gasteiger partial charge < -0.3 is 20.5 Å². The molecule has 0 spiro atoms. The van der Waals surface area contributed by atoms with Crippen molar-refractivity contribution in [3.05, 3.63) is 30.3 Å². The average Bonchev–Trinajstić information content (AvgIpc) is 2.36. The molecule has 19 heavy (non-hydrogen) atoms. The number of benzene rings is 1. The number of carboxylic acid groups (broad SMARTS) is 1. The summed E-state index contributed by atoms with van der Waals surface area (Å²) in [7, 11) is 0. The molecule has 1 unspecified atom stereocenters. The van der Waals surface area contributed by atoms with Crippen molar-refractivity contribution in [1.82, 2.24) is 10.6 Å². The van der Waals surface area contributed by atoms with Crippen molar-refractivity contribution < 1.29 is 19.4 Å². The minimum atomic E-state index is -1.06. The molecule has 0 saturated carbocycles. The van der Waals surface area contributed by atoms with Crippen LogP contribution in [-0.2, 0) is 4.79 Å². The molecular weight excluding hydrogens is 248 g/mol. The van der Waals surface area contributed by atoms with E-state index in [4.69, 9.17) is 9.84 Å². The second-order valence-electron chi connectivity index (χ2n) is 4.31. The number of carboxylic acids is 1. The number of ether oxygens (including phenoxy) is 1. The fraction of sp³-hybridized carbons (Fsp3) is 0.385. The van der Waals surface area contributed by atoms with Crippen molar-refractivity contribution in [3.8, 4) is 5.75 Å². The van der Waals surface area contributed by atoms with E-state index in [0.717, 1.165) is 0 Å². The van der Waals surface area contributed by atoms with Crippen molar-refractivity contribution in [2.24, 2.45) is 5.92 Å². The van der Waals surface area contributed by atoms with Gasteiger partial charge in [0.25, 0.3) is 0 Å². The second kappa shape index (κ2) is 7.25. The van der Waals surface area contributed by atoms with E-state index < -0.39 is 18.0 Å². The van der Waals surface area contributed by atoms with Crippen LogP contribution in [0.4, 0.5) is 4.79 Å². The number of nitrogens with one attached hydrogen (secondary N) is 2. The summed E-state index contributed by atoms with van der Waals surface area (Å²) < 4.78 is 5.26. The number of hydrogen-bond donors (Lipinski definition) is 3. The summed E-state index contributed by atoms with van der Waals surface area (Å²) in [6.07, 6.45) is 0. The van der Waals surface area contributed by atoms with Crippen LogP contribution in [0.15, 0.2) is 30.3 Å². The van der Waals surface area contributed by atoms with Crippen LogP contribution in [0.2, 0.25) is 0 Å². The van der Waals surface area contributed by atoms with Gasteiger partial charge in [-0.3, -0.25) is 0 Å². The maximum absolute atomic E-state index is 11.5. The van der Waals surface area contributed by atoms with Gasteiger partial charge in [0.05, 0.1) is 0 Å². The molecule has 0 aliphatic rings. The van der Waals surface area contributed by atoms with E-state index in [9.17, 15) is 9.59 Å². The molecule has 6 heteroatoms. The van der Waals surface area contributed by atoms with Gasteiger partial charge in [0.15, 0.2) is 6.73 Å². The third-order valence-corrected chi connectivity index (χ3v) is 2.43. The van der Waals surface area contributed by atoms with Crippen LogP contribution in [0.5, 0.6) is 5.75 Å². The first-order chi connectivity index (χ1) is 9.00. The summed E-state index contributed by atoms with van der Waals surface area (Å²) in [6.45, 7) is 3.42. The van der Waals surface area contributed by atoms with E-state index >= 15 is 0 Å². The van der Waals surface area contributed by atoms with Gasteiger partial charge in [-0.15, -0.1) is 0 Å². The molecule has 0 aromatic heterocycles. The highest BCUT2D eigenvalue weighted by Crippen LogP contribution is 2.07. The van der Waals surface area contributed by atoms with Crippen LogP contribution < -0.4 is 15.4 Å². The molecule has 1 aromatic rings. The third-order valence-electron chi connectivity index (χ3n) is 2.43. The van der Waals surface area contributed by atoms with E-state index in [0.29, 0.717) is 5.75 Å². The summed E-state index contributed by atoms with van der Waals surface area (Å²) in [5.41, 5.74) is 0. The van der Waals surface area contributed by atoms with Gasteiger partial charge >= 0.3 is 12.0 Å². The Morgan fingerprint density at radius 3 is 2.42 bits per heavy atom. The molecule has 0 aliphatic carbocycles. The Kier molecular flexibility index (Phi) is 5.66. The van der Waals surface area contributed by atoms with Gasteiger partial charge in [-0.25, -0.2) is 9.59 Å². The fourth-order valence-corrected chi connectivity index (χ4v) is 1.41. The maximum atomic E-state index is 11.5. The minimum absolute atomic E-state index is 0.0275. The number of hydrogen-bond acceptors (Lipinski definition) is 3. The highest BCUT2D eigenvalue weighted by Gasteiger charge is 2.23. The Hall–Kier alpha value is -2.24. The summed E-state index contributed by atoms with van der Waals surface area (Å²) in [5, 5.41) is 13.7. The monoisotopic (exact) mass is 266 g/mol. The number of amides is 2. The summed E-state index contributed by atoms with van der Waals surface area (Å²) >= 11 is 0. The van der Waals surface area contributed by atoms with Gasteiger partial charge in [-0.05, 0) is 18.1 Å². The largest absolute Gasteiger partial charge is 0.480 e. The van der Waals surface area contributed by atoms with Gasteiger partial charge in [-0.1, -0.05) is 32.0 Å². The van der Waals surface area contributed by atoms with Gasteiger partial charge in [0, 0.05) is 0 Å². The van der Waals surface area contributed by atoms with Crippen LogP contribution in [0, 0.1) is 5.92 Å². The SMILES string of the molecule is CC(C)C(NC(=O)NCOc1ccccc1)C(=O)O. The van der Waals surface area contributed by atoms with Crippen LogP contribution in [0.1, 0.15) is 13.8 Å². The molecule has 0 bridgehead atoms. The van der Waals surface area contributed by atoms with Gasteiger partial charge in [0.1, 0.15) is 11.8 Å². The van der Waals surface area contributed by atoms with E-state index in [-0.39, 0.29) is 12.6 Å². The zero-order valence-electron chi connectivity index (χ0n) is 10.9. The maximum Gasteiger partial charge on any atom is 0.326 e. The van der Waals surface area contributed by atoms with Crippen LogP contribution >= 0.6 is 0 Å². The highest BCUT2D eigenvalue weighted by atomic mass is 16.5. The van der Waals surface area contributed by atoms with Crippen molar-refractivity contribution in [1.29, 1.82) is 0 Å². The Morgan fingerprint density at radius 2 is 1.89 bits per heavy atom. The normalized spacial score (nSPS) is 11.7. The molecule has 1 atom stereocenters. The predicted molar refractivity (Wildman–Crippen MR) is 69.9 cm³/mol. The molecule has 1 rings (SSSR count). The number of carbonyl (C=O) groups excluding carboxylic acids is 1. The number of para-hydroxylation sites is 1. The Labute approximate surface area is 111 Å². The molecule has 0 saturated heterocycles. The molecule has 3 N–H and O–H groups in total. The minimum Gasteiger partial charge on any atom is -0.480 e. The lowest BCUT2D eigenvalue weighted by molar-refractivity contribution is -0.140. The first-order valence-electron chi connectivity index (χ1n) is 5.95. The van der Waals surface area contributed by atoms with E-state index in [2.05, 4.69) is 10.6 Å². The molecule has 0 fully saturated rings. The van der Waals surface area contributed by atoms with E-state index in [1.807, 2.05) is 18.2 Å². The summed E-state index contributed by atoms with van der Waals surface area (Å²) in [4.78, 5) is 22.4. The van der Waals surface area contributed by atoms with E-state index in [1.54, 1.807) is 26.0 Å². The Morgan fingerprint density at radius 1 is 1.26 bits per heavy atom. The summed E-state index contributed by atoms with van der Waals surface area (Å²) in [6, 6.07) is 7.51. The van der Waals surface area contributed by atoms with Gasteiger partial charge in [0.2, 0.25) is 0 Å². The number of rotatable bonds is 6. The number of urea groups is 1. The molecule has 1 aromatic carbocycles. The number of aliphatic carboxylic acids is 1. The van der Waals surface area contributed by atoms with Crippen LogP contribution in [0.25, 0.3) is 0 Å². The topological polar surface area (TPSA) is 87.7 Å². The van der Waals surface area contributed by atoms with Crippen molar-refractivity contribution in [2.45, 2.75) is 19.9 Å². The highest BCUT2D eigenvalue weighted by molar-refractivity contribution is 5.82. The van der Waals surface area contributed by atoms with Crippen molar-refractivity contribution >= 4 is 12.0 Å². The zero-order valence-corrected chi connectivity index (χ0v) is 10.9. The first kappa shape index (κ1) is 14.8. The quantitative estimate of drug-likeness (QED) is 0.680. The lowest BCUT2D eigenvalue weighted by Crippen LogP contribution is -2.49. The molecule has 2 amide bonds. The Balaban J connectivity index is 2.33. The first-order valence-corrected chi connectivity index (χ1v) is 5.95. The smallest absolute Gasteiger partial charge is 0.326 e. The summed E-state index contributed by atoms with van der Waals surface area (Å²) in [5.74, 6) is -0.631. The molecule has 0 aliphatic heterocycles. The van der Waals surface area contributed by atoms with Gasteiger partial charge in [-0.2, -0.15) is 0 Å². The zero-order chi connectivity index (χ0) is 14.3. The van der Waals surface area contributed by atoms with Crippen LogP contribution in [-0.4, -0.2) is 29.9 Å². The fourth-order valence-electron chi connectivity index (χ4n) is 1.41. The molecule has 104 valence electrons. The standard InChI is InChI=1S/C13H18N2O4/c1-9(2)11(12(16)17)15-13(18)14-8-19-10-6-4-3-5-7-10/h3-7,9,11H,8H2,1-2H3,(H,16,17)(H2,14,15,18). The number of carbonyl (C=O) groups is 2. The lowest BCUT2D eigenvalue weighted by Gasteiger charge is -2.18. The Bertz CT molecular complexity index is 420.